The minimum absolute atomic E-state index is 0.134. The van der Waals surface area contributed by atoms with Crippen LogP contribution in [0.5, 0.6) is 0 Å². The van der Waals surface area contributed by atoms with Crippen molar-refractivity contribution in [2.45, 2.75) is 44.6 Å². The number of carbonyl (C=O) groups excluding carboxylic acids is 1. The average molecular weight is 354 g/mol. The Morgan fingerprint density at radius 2 is 1.54 bits per heavy atom. The maximum absolute atomic E-state index is 13.8. The van der Waals surface area contributed by atoms with Gasteiger partial charge in [-0.05, 0) is 90.8 Å². The normalized spacial score (nSPS) is 74.3. The Morgan fingerprint density at radius 1 is 0.846 bits per heavy atom. The van der Waals surface area contributed by atoms with Gasteiger partial charge < -0.3 is 9.47 Å². The van der Waals surface area contributed by atoms with E-state index in [1.165, 1.54) is 32.1 Å². The van der Waals surface area contributed by atoms with Gasteiger partial charge in [-0.3, -0.25) is 4.79 Å². The summed E-state index contributed by atoms with van der Waals surface area (Å²) in [6.45, 7) is 2.60. The van der Waals surface area contributed by atoms with Crippen LogP contribution < -0.4 is 0 Å². The molecule has 140 valence electrons. The summed E-state index contributed by atoms with van der Waals surface area (Å²) in [4.78, 5) is 13.8. The lowest BCUT2D eigenvalue weighted by atomic mass is 9.42. The predicted molar refractivity (Wildman–Crippen MR) is 93.8 cm³/mol. The summed E-state index contributed by atoms with van der Waals surface area (Å²) < 4.78 is 12.5. The molecule has 0 aliphatic heterocycles. The van der Waals surface area contributed by atoms with E-state index in [2.05, 4.69) is 6.92 Å². The number of carbonyl (C=O) groups is 1. The fourth-order valence-corrected chi connectivity index (χ4v) is 13.5. The quantitative estimate of drug-likeness (QED) is 0.713. The second kappa shape index (κ2) is 3.67. The van der Waals surface area contributed by atoms with Gasteiger partial charge in [-0.15, -0.1) is 0 Å². The van der Waals surface area contributed by atoms with Crippen LogP contribution in [0.15, 0.2) is 0 Å². The molecule has 0 aromatic rings. The molecule has 13 unspecified atom stereocenters. The van der Waals surface area contributed by atoms with Crippen molar-refractivity contribution in [3.05, 3.63) is 0 Å². The van der Waals surface area contributed by atoms with Gasteiger partial charge >= 0.3 is 5.97 Å². The Labute approximate surface area is 155 Å². The highest BCUT2D eigenvalue weighted by molar-refractivity contribution is 5.83. The molecule has 9 aliphatic carbocycles. The molecule has 0 heterocycles. The Morgan fingerprint density at radius 3 is 2.27 bits per heavy atom. The number of ether oxygens (including phenoxy) is 2. The molecular weight excluding hydrogens is 324 g/mol. The third-order valence-electron chi connectivity index (χ3n) is 12.5. The molecule has 0 radical (unpaired) electrons. The molecule has 9 aliphatic rings. The molecule has 9 fully saturated rings. The zero-order chi connectivity index (χ0) is 17.4. The summed E-state index contributed by atoms with van der Waals surface area (Å²) in [5.41, 5.74) is -0.300. The Balaban J connectivity index is 1.54. The minimum atomic E-state index is -0.309. The molecule has 3 nitrogen and oxygen atoms in total. The highest BCUT2D eigenvalue weighted by atomic mass is 16.5. The maximum Gasteiger partial charge on any atom is 0.315 e. The molecule has 0 amide bonds. The zero-order valence-electron chi connectivity index (χ0n) is 16.1. The van der Waals surface area contributed by atoms with Crippen molar-refractivity contribution in [3.63, 3.8) is 0 Å². The van der Waals surface area contributed by atoms with Crippen LogP contribution in [0.2, 0.25) is 0 Å². The maximum atomic E-state index is 13.8. The summed E-state index contributed by atoms with van der Waals surface area (Å²) in [7, 11) is 3.62. The number of methoxy groups -OCH3 is 2. The van der Waals surface area contributed by atoms with Gasteiger partial charge in [-0.25, -0.2) is 0 Å². The van der Waals surface area contributed by atoms with E-state index in [4.69, 9.17) is 9.47 Å². The van der Waals surface area contributed by atoms with E-state index in [1.807, 2.05) is 7.11 Å². The van der Waals surface area contributed by atoms with Gasteiger partial charge in [-0.2, -0.15) is 0 Å². The number of hydrogen-bond acceptors (Lipinski definition) is 3. The lowest BCUT2D eigenvalue weighted by Crippen LogP contribution is -2.73. The third-order valence-corrected chi connectivity index (χ3v) is 12.5. The Kier molecular flexibility index (Phi) is 2.04. The van der Waals surface area contributed by atoms with Gasteiger partial charge in [-0.1, -0.05) is 13.3 Å². The summed E-state index contributed by atoms with van der Waals surface area (Å²) in [6.07, 6.45) is 6.82. The van der Waals surface area contributed by atoms with E-state index in [-0.39, 0.29) is 22.4 Å². The molecule has 0 N–H and O–H groups in total. The molecule has 9 rings (SSSR count). The van der Waals surface area contributed by atoms with E-state index in [9.17, 15) is 4.79 Å². The van der Waals surface area contributed by atoms with E-state index in [1.54, 1.807) is 7.11 Å². The van der Waals surface area contributed by atoms with Crippen LogP contribution in [0.25, 0.3) is 0 Å². The van der Waals surface area contributed by atoms with Crippen molar-refractivity contribution < 1.29 is 14.3 Å². The summed E-state index contributed by atoms with van der Waals surface area (Å²) in [5, 5.41) is 0. The number of fused-ring (bicyclic) bond motifs is 1. The van der Waals surface area contributed by atoms with Crippen LogP contribution in [0, 0.1) is 75.9 Å². The van der Waals surface area contributed by atoms with Crippen molar-refractivity contribution in [2.24, 2.45) is 75.9 Å². The third kappa shape index (κ3) is 0.855. The summed E-state index contributed by atoms with van der Waals surface area (Å²) in [5.74, 6) is 8.56. The van der Waals surface area contributed by atoms with E-state index in [0.717, 1.165) is 47.3 Å². The summed E-state index contributed by atoms with van der Waals surface area (Å²) >= 11 is 0. The number of hydrogen-bond donors (Lipinski definition) is 0. The average Bonchev–Trinajstić information content (AvgIpc) is 3.39. The number of esters is 1. The first-order valence-electron chi connectivity index (χ1n) is 11.3. The standard InChI is InChI=1S/C23H30O3/c1-21-16-9-5-4-6-10(9)17-14(16)15-18-11-7-8-12(13(11)19(15)21)23(21,26-3)22(17,18)20(24)25-2/h9-19H,4-8H2,1-3H3/t9?,10?,11?,12?,13?,14?,15?,16?,17?,18?,19?,21?,22?,23-/m0/s1. The topological polar surface area (TPSA) is 35.5 Å². The van der Waals surface area contributed by atoms with Gasteiger partial charge in [0.15, 0.2) is 0 Å². The van der Waals surface area contributed by atoms with Gasteiger partial charge in [0.05, 0.1) is 12.7 Å². The second-order valence-electron chi connectivity index (χ2n) is 11.5. The van der Waals surface area contributed by atoms with Gasteiger partial charge in [0.25, 0.3) is 0 Å². The molecule has 14 atom stereocenters. The molecule has 0 spiro atoms. The lowest BCUT2D eigenvalue weighted by molar-refractivity contribution is -0.273. The molecule has 9 saturated carbocycles. The van der Waals surface area contributed by atoms with Crippen LogP contribution in [-0.2, 0) is 14.3 Å². The second-order valence-corrected chi connectivity index (χ2v) is 11.5. The highest BCUT2D eigenvalue weighted by Crippen LogP contribution is 2.99. The first-order valence-corrected chi connectivity index (χ1v) is 11.3. The van der Waals surface area contributed by atoms with Crippen LogP contribution >= 0.6 is 0 Å². The van der Waals surface area contributed by atoms with Crippen molar-refractivity contribution in [2.75, 3.05) is 14.2 Å². The fraction of sp³-hybridized carbons (Fsp3) is 0.957. The first kappa shape index (κ1) is 14.4. The van der Waals surface area contributed by atoms with E-state index < -0.39 is 0 Å². The SMILES string of the molecule is COC(=O)C12C3C4CCCC4C4C3C3C5C6C(CCC6[C@]1(OC)C45C)C32. The van der Waals surface area contributed by atoms with Crippen molar-refractivity contribution in [1.29, 1.82) is 0 Å². The lowest BCUT2D eigenvalue weighted by Gasteiger charge is -2.64. The molecule has 3 heteroatoms. The van der Waals surface area contributed by atoms with E-state index in [0.29, 0.717) is 17.8 Å². The molecule has 9 bridgehead atoms. The van der Waals surface area contributed by atoms with Crippen LogP contribution in [0.3, 0.4) is 0 Å². The largest absolute Gasteiger partial charge is 0.468 e. The molecule has 26 heavy (non-hydrogen) atoms. The first-order chi connectivity index (χ1) is 12.6. The van der Waals surface area contributed by atoms with Gasteiger partial charge in [0.1, 0.15) is 5.41 Å². The molecule has 0 aromatic heterocycles. The van der Waals surface area contributed by atoms with Crippen LogP contribution in [0.4, 0.5) is 0 Å². The van der Waals surface area contributed by atoms with Crippen LogP contribution in [-0.4, -0.2) is 25.8 Å². The van der Waals surface area contributed by atoms with E-state index >= 15 is 0 Å². The smallest absolute Gasteiger partial charge is 0.315 e. The molecule has 0 saturated heterocycles. The van der Waals surface area contributed by atoms with Crippen molar-refractivity contribution in [1.82, 2.24) is 0 Å². The predicted octanol–water partition coefficient (Wildman–Crippen LogP) is 3.37. The number of rotatable bonds is 2. The zero-order valence-corrected chi connectivity index (χ0v) is 16.1. The molecular formula is C23H30O3. The molecule has 0 aromatic carbocycles. The fourth-order valence-electron chi connectivity index (χ4n) is 13.5. The van der Waals surface area contributed by atoms with Crippen molar-refractivity contribution in [3.8, 4) is 0 Å². The van der Waals surface area contributed by atoms with Gasteiger partial charge in [0.2, 0.25) is 0 Å². The Bertz CT molecular complexity index is 777. The Hall–Kier alpha value is -0.570. The van der Waals surface area contributed by atoms with Gasteiger partial charge in [0, 0.05) is 12.5 Å². The van der Waals surface area contributed by atoms with Crippen molar-refractivity contribution >= 4 is 5.97 Å². The highest BCUT2D eigenvalue weighted by Gasteiger charge is 3.01. The minimum Gasteiger partial charge on any atom is -0.468 e. The monoisotopic (exact) mass is 354 g/mol. The summed E-state index contributed by atoms with van der Waals surface area (Å²) in [6, 6.07) is 0. The van der Waals surface area contributed by atoms with Crippen LogP contribution in [0.1, 0.15) is 39.0 Å².